The van der Waals surface area contributed by atoms with Gasteiger partial charge in [0.2, 0.25) is 0 Å². The Morgan fingerprint density at radius 2 is 2.06 bits per heavy atom. The molecule has 0 saturated heterocycles. The lowest BCUT2D eigenvalue weighted by Gasteiger charge is -2.06. The molecule has 2 rings (SSSR count). The first-order valence-electron chi connectivity index (χ1n) is 5.85. The van der Waals surface area contributed by atoms with E-state index in [-0.39, 0.29) is 11.5 Å². The van der Waals surface area contributed by atoms with Gasteiger partial charge in [-0.2, -0.15) is 5.10 Å². The number of nitrogens with one attached hydrogen (secondary N) is 1. The number of rotatable bonds is 5. The average molecular weight is 247 g/mol. The first-order chi connectivity index (χ1) is 8.66. The van der Waals surface area contributed by atoms with Gasteiger partial charge in [0.1, 0.15) is 0 Å². The van der Waals surface area contributed by atoms with Crippen molar-refractivity contribution in [2.45, 2.75) is 13.0 Å². The van der Waals surface area contributed by atoms with Crippen LogP contribution in [-0.4, -0.2) is 26.5 Å². The van der Waals surface area contributed by atoms with E-state index < -0.39 is 0 Å². The molecule has 5 nitrogen and oxygen atoms in total. The minimum absolute atomic E-state index is 0.0825. The Labute approximate surface area is 106 Å². The molecule has 5 heteroatoms. The van der Waals surface area contributed by atoms with Crippen molar-refractivity contribution in [3.63, 3.8) is 0 Å². The van der Waals surface area contributed by atoms with Crippen LogP contribution in [0.5, 0.6) is 11.5 Å². The predicted molar refractivity (Wildman–Crippen MR) is 68.4 cm³/mol. The molecule has 0 fully saturated rings. The van der Waals surface area contributed by atoms with E-state index in [0.717, 1.165) is 18.5 Å². The van der Waals surface area contributed by atoms with Crippen molar-refractivity contribution in [3.8, 4) is 11.5 Å². The molecule has 18 heavy (non-hydrogen) atoms. The van der Waals surface area contributed by atoms with E-state index in [1.807, 2.05) is 17.8 Å². The van der Waals surface area contributed by atoms with Crippen molar-refractivity contribution in [3.05, 3.63) is 41.7 Å². The molecule has 0 bridgehead atoms. The van der Waals surface area contributed by atoms with Crippen LogP contribution in [0, 0.1) is 0 Å². The third-order valence-corrected chi connectivity index (χ3v) is 2.85. The van der Waals surface area contributed by atoms with Crippen LogP contribution in [0.3, 0.4) is 0 Å². The normalized spacial score (nSPS) is 10.7. The Bertz CT molecular complexity index is 523. The summed E-state index contributed by atoms with van der Waals surface area (Å²) in [4.78, 5) is 0. The number of phenols is 2. The minimum Gasteiger partial charge on any atom is -0.504 e. The smallest absolute Gasteiger partial charge is 0.157 e. The van der Waals surface area contributed by atoms with E-state index >= 15 is 0 Å². The monoisotopic (exact) mass is 247 g/mol. The van der Waals surface area contributed by atoms with E-state index in [2.05, 4.69) is 10.4 Å². The summed E-state index contributed by atoms with van der Waals surface area (Å²) in [6.07, 6.45) is 2.69. The summed E-state index contributed by atoms with van der Waals surface area (Å²) >= 11 is 0. The third kappa shape index (κ3) is 3.01. The maximum atomic E-state index is 9.35. The summed E-state index contributed by atoms with van der Waals surface area (Å²) in [5, 5.41) is 25.9. The zero-order valence-electron chi connectivity index (χ0n) is 10.3. The molecule has 0 atom stereocenters. The summed E-state index contributed by atoms with van der Waals surface area (Å²) in [7, 11) is 1.92. The van der Waals surface area contributed by atoms with Crippen molar-refractivity contribution in [2.75, 3.05) is 6.54 Å². The van der Waals surface area contributed by atoms with Crippen LogP contribution in [0.4, 0.5) is 0 Å². The molecule has 0 saturated carbocycles. The van der Waals surface area contributed by atoms with E-state index in [1.54, 1.807) is 18.3 Å². The second kappa shape index (κ2) is 5.55. The minimum atomic E-state index is -0.0892. The second-order valence-electron chi connectivity index (χ2n) is 4.20. The highest BCUT2D eigenvalue weighted by molar-refractivity contribution is 5.40. The number of hydrogen-bond acceptors (Lipinski definition) is 4. The van der Waals surface area contributed by atoms with Gasteiger partial charge in [0, 0.05) is 38.4 Å². The summed E-state index contributed by atoms with van der Waals surface area (Å²) in [6.45, 7) is 1.49. The fourth-order valence-electron chi connectivity index (χ4n) is 1.77. The van der Waals surface area contributed by atoms with Gasteiger partial charge in [-0.05, 0) is 23.8 Å². The maximum absolute atomic E-state index is 9.35. The Morgan fingerprint density at radius 1 is 1.22 bits per heavy atom. The third-order valence-electron chi connectivity index (χ3n) is 2.85. The molecular weight excluding hydrogens is 230 g/mol. The van der Waals surface area contributed by atoms with Crippen molar-refractivity contribution in [1.29, 1.82) is 0 Å². The molecular formula is C13H17N3O2. The van der Waals surface area contributed by atoms with Crippen LogP contribution in [0.15, 0.2) is 30.5 Å². The number of phenolic OH excluding ortho intramolecular Hbond substituents is 2. The van der Waals surface area contributed by atoms with Crippen LogP contribution >= 0.6 is 0 Å². The van der Waals surface area contributed by atoms with Crippen LogP contribution in [0.1, 0.15) is 11.3 Å². The van der Waals surface area contributed by atoms with Crippen LogP contribution < -0.4 is 5.32 Å². The highest BCUT2D eigenvalue weighted by Gasteiger charge is 2.01. The average Bonchev–Trinajstić information content (AvgIpc) is 2.75. The van der Waals surface area contributed by atoms with Gasteiger partial charge in [-0.25, -0.2) is 0 Å². The number of aryl methyl sites for hydroxylation is 1. The summed E-state index contributed by atoms with van der Waals surface area (Å²) in [6, 6.07) is 6.83. The Kier molecular flexibility index (Phi) is 3.84. The summed E-state index contributed by atoms with van der Waals surface area (Å²) in [5.41, 5.74) is 2.12. The summed E-state index contributed by atoms with van der Waals surface area (Å²) in [5.74, 6) is -0.172. The maximum Gasteiger partial charge on any atom is 0.157 e. The topological polar surface area (TPSA) is 70.3 Å². The number of nitrogens with zero attached hydrogens (tertiary/aromatic N) is 2. The number of aromatic nitrogens is 2. The van der Waals surface area contributed by atoms with Gasteiger partial charge in [0.05, 0.1) is 0 Å². The fraction of sp³-hybridized carbons (Fsp3) is 0.308. The zero-order valence-corrected chi connectivity index (χ0v) is 10.3. The quantitative estimate of drug-likeness (QED) is 0.548. The number of hydrogen-bond donors (Lipinski definition) is 3. The van der Waals surface area contributed by atoms with E-state index in [1.165, 1.54) is 11.8 Å². The van der Waals surface area contributed by atoms with Gasteiger partial charge in [-0.3, -0.25) is 4.68 Å². The van der Waals surface area contributed by atoms with Crippen LogP contribution in [0.2, 0.25) is 0 Å². The first-order valence-corrected chi connectivity index (χ1v) is 5.85. The molecule has 1 heterocycles. The molecule has 0 aliphatic carbocycles. The molecule has 0 aliphatic heterocycles. The lowest BCUT2D eigenvalue weighted by atomic mass is 10.2. The summed E-state index contributed by atoms with van der Waals surface area (Å²) < 4.78 is 1.86. The highest BCUT2D eigenvalue weighted by atomic mass is 16.3. The lowest BCUT2D eigenvalue weighted by Crippen LogP contribution is -2.17. The molecule has 3 N–H and O–H groups in total. The van der Waals surface area contributed by atoms with Crippen molar-refractivity contribution < 1.29 is 10.2 Å². The SMILES string of the molecule is Cn1nccc1CCNCc1ccc(O)c(O)c1. The van der Waals surface area contributed by atoms with E-state index in [9.17, 15) is 10.2 Å². The van der Waals surface area contributed by atoms with E-state index in [0.29, 0.717) is 6.54 Å². The molecule has 0 aliphatic rings. The molecule has 96 valence electrons. The molecule has 0 amide bonds. The van der Waals surface area contributed by atoms with Crippen molar-refractivity contribution >= 4 is 0 Å². The Hall–Kier alpha value is -2.01. The number of aromatic hydroxyl groups is 2. The molecule has 0 radical (unpaired) electrons. The van der Waals surface area contributed by atoms with Gasteiger partial charge >= 0.3 is 0 Å². The Morgan fingerprint density at radius 3 is 2.72 bits per heavy atom. The molecule has 0 unspecified atom stereocenters. The fourth-order valence-corrected chi connectivity index (χ4v) is 1.77. The highest BCUT2D eigenvalue weighted by Crippen LogP contribution is 2.24. The van der Waals surface area contributed by atoms with E-state index in [4.69, 9.17) is 0 Å². The van der Waals surface area contributed by atoms with Crippen LogP contribution in [-0.2, 0) is 20.0 Å². The van der Waals surface area contributed by atoms with Gasteiger partial charge in [0.25, 0.3) is 0 Å². The molecule has 1 aromatic heterocycles. The molecule has 1 aromatic carbocycles. The largest absolute Gasteiger partial charge is 0.504 e. The van der Waals surface area contributed by atoms with Crippen molar-refractivity contribution in [2.24, 2.45) is 7.05 Å². The van der Waals surface area contributed by atoms with Gasteiger partial charge < -0.3 is 15.5 Å². The van der Waals surface area contributed by atoms with Gasteiger partial charge in [-0.1, -0.05) is 6.07 Å². The standard InChI is InChI=1S/C13H17N3O2/c1-16-11(5-7-15-16)4-6-14-9-10-2-3-12(17)13(18)8-10/h2-3,5,7-8,14,17-18H,4,6,9H2,1H3. The molecule has 0 spiro atoms. The first kappa shape index (κ1) is 12.4. The number of benzene rings is 1. The van der Waals surface area contributed by atoms with Crippen LogP contribution in [0.25, 0.3) is 0 Å². The second-order valence-corrected chi connectivity index (χ2v) is 4.20. The molecule has 2 aromatic rings. The van der Waals surface area contributed by atoms with Gasteiger partial charge in [-0.15, -0.1) is 0 Å². The van der Waals surface area contributed by atoms with Gasteiger partial charge in [0.15, 0.2) is 11.5 Å². The lowest BCUT2D eigenvalue weighted by molar-refractivity contribution is 0.403. The Balaban J connectivity index is 1.78. The van der Waals surface area contributed by atoms with Crippen molar-refractivity contribution in [1.82, 2.24) is 15.1 Å². The predicted octanol–water partition coefficient (Wildman–Crippen LogP) is 1.16. The zero-order chi connectivity index (χ0) is 13.0.